The Hall–Kier alpha value is -1.10. The smallest absolute Gasteiger partial charge is 0.278 e. The van der Waals surface area contributed by atoms with Crippen molar-refractivity contribution in [3.8, 4) is 0 Å². The topological polar surface area (TPSA) is 73.7 Å². The van der Waals surface area contributed by atoms with Gasteiger partial charge in [-0.05, 0) is 0 Å². The van der Waals surface area contributed by atoms with Crippen molar-refractivity contribution in [3.05, 3.63) is 0 Å². The monoisotopic (exact) mass is 228 g/mol. The summed E-state index contributed by atoms with van der Waals surface area (Å²) in [6, 6.07) is -0.502. The number of carboxylic acids is 1. The van der Waals surface area contributed by atoms with E-state index >= 15 is 0 Å². The first-order chi connectivity index (χ1) is 7.29. The van der Waals surface area contributed by atoms with Gasteiger partial charge in [-0.15, -0.1) is 0 Å². The molecule has 0 aromatic rings. The molecule has 1 aliphatic heterocycles. The number of carbonyl (C=O) groups is 2. The highest BCUT2D eigenvalue weighted by Crippen LogP contribution is 2.09. The highest BCUT2D eigenvalue weighted by molar-refractivity contribution is 5.84. The van der Waals surface area contributed by atoms with Crippen LogP contribution in [0.2, 0.25) is 0 Å². The van der Waals surface area contributed by atoms with Crippen LogP contribution in [-0.2, 0) is 9.59 Å². The average molecular weight is 228 g/mol. The van der Waals surface area contributed by atoms with Crippen LogP contribution in [-0.4, -0.2) is 37.6 Å². The molecular formula is C11H20N2O3. The fourth-order valence-electron chi connectivity index (χ4n) is 2.13. The molecule has 1 unspecified atom stereocenters. The first kappa shape index (κ1) is 13.0. The van der Waals surface area contributed by atoms with Crippen molar-refractivity contribution < 1.29 is 19.6 Å². The Morgan fingerprint density at radius 1 is 1.56 bits per heavy atom. The van der Waals surface area contributed by atoms with Gasteiger partial charge in [-0.2, -0.15) is 0 Å². The van der Waals surface area contributed by atoms with Gasteiger partial charge in [0.1, 0.15) is 0 Å². The van der Waals surface area contributed by atoms with Gasteiger partial charge in [-0.1, -0.05) is 20.8 Å². The Morgan fingerprint density at radius 2 is 2.19 bits per heavy atom. The lowest BCUT2D eigenvalue weighted by Crippen LogP contribution is -3.20. The highest BCUT2D eigenvalue weighted by atomic mass is 16.4. The predicted octanol–water partition coefficient (Wildman–Crippen LogP) is -2.44. The molecule has 0 aromatic heterocycles. The van der Waals surface area contributed by atoms with E-state index in [0.29, 0.717) is 6.54 Å². The zero-order chi connectivity index (χ0) is 12.3. The lowest BCUT2D eigenvalue weighted by molar-refractivity contribution is -0.923. The number of piperazine rings is 1. The summed E-state index contributed by atoms with van der Waals surface area (Å²) in [6.07, 6.45) is -0.197. The number of carbonyl (C=O) groups excluding carboxylic acids is 2. The van der Waals surface area contributed by atoms with E-state index in [9.17, 15) is 14.7 Å². The molecule has 0 radical (unpaired) electrons. The third-order valence-corrected chi connectivity index (χ3v) is 2.68. The molecule has 1 aliphatic rings. The molecule has 0 aliphatic carbocycles. The van der Waals surface area contributed by atoms with Crippen molar-refractivity contribution >= 4 is 11.9 Å². The maximum absolute atomic E-state index is 11.6. The fourth-order valence-corrected chi connectivity index (χ4v) is 2.13. The van der Waals surface area contributed by atoms with Crippen LogP contribution in [0.5, 0.6) is 0 Å². The van der Waals surface area contributed by atoms with Crippen LogP contribution in [0.4, 0.5) is 0 Å². The predicted molar refractivity (Wildman–Crippen MR) is 56.6 cm³/mol. The molecule has 0 spiro atoms. The minimum Gasteiger partial charge on any atom is -0.550 e. The van der Waals surface area contributed by atoms with Crippen molar-refractivity contribution in [2.24, 2.45) is 5.41 Å². The summed E-state index contributed by atoms with van der Waals surface area (Å²) in [7, 11) is 0. The summed E-state index contributed by atoms with van der Waals surface area (Å²) in [6.45, 7) is 8.45. The summed E-state index contributed by atoms with van der Waals surface area (Å²) in [5.74, 6) is -1.33. The molecule has 0 saturated carbocycles. The summed E-state index contributed by atoms with van der Waals surface area (Å²) < 4.78 is 0. The summed E-state index contributed by atoms with van der Waals surface area (Å²) in [5.41, 5.74) is 0.0805. The number of hydrogen-bond acceptors (Lipinski definition) is 3. The van der Waals surface area contributed by atoms with Gasteiger partial charge < -0.3 is 20.1 Å². The van der Waals surface area contributed by atoms with Crippen molar-refractivity contribution in [3.63, 3.8) is 0 Å². The normalized spacial score (nSPS) is 26.3. The van der Waals surface area contributed by atoms with Gasteiger partial charge >= 0.3 is 0 Å². The summed E-state index contributed by atoms with van der Waals surface area (Å²) in [5, 5.41) is 13.3. The molecule has 1 heterocycles. The van der Waals surface area contributed by atoms with Crippen LogP contribution in [0, 0.1) is 5.41 Å². The first-order valence-corrected chi connectivity index (χ1v) is 5.62. The lowest BCUT2D eigenvalue weighted by atomic mass is 9.94. The molecule has 1 saturated heterocycles. The minimum absolute atomic E-state index is 0.0805. The molecule has 0 aromatic carbocycles. The maximum Gasteiger partial charge on any atom is 0.278 e. The van der Waals surface area contributed by atoms with Gasteiger partial charge in [0, 0.05) is 17.8 Å². The Balaban J connectivity index is 2.70. The molecule has 16 heavy (non-hydrogen) atoms. The second-order valence-corrected chi connectivity index (χ2v) is 5.57. The standard InChI is InChI=1S/C11H20N2O3/c1-11(2,3)7-13-5-4-12-10(16)8(13)6-9(14)15/h8H,4-7H2,1-3H3,(H,12,16)(H,14,15)/t8-/m0/s1. The average Bonchev–Trinajstić information content (AvgIpc) is 2.08. The number of quaternary nitrogens is 1. The van der Waals surface area contributed by atoms with E-state index in [1.807, 2.05) is 0 Å². The summed E-state index contributed by atoms with van der Waals surface area (Å²) >= 11 is 0. The Bertz CT molecular complexity index is 283. The van der Waals surface area contributed by atoms with Gasteiger partial charge in [0.2, 0.25) is 0 Å². The van der Waals surface area contributed by atoms with Gasteiger partial charge in [0.25, 0.3) is 5.91 Å². The number of aliphatic carboxylic acids is 1. The SMILES string of the molecule is CC(C)(C)C[NH+]1CCNC(=O)[C@@H]1CC(=O)[O-]. The van der Waals surface area contributed by atoms with Gasteiger partial charge in [0.15, 0.2) is 6.04 Å². The van der Waals surface area contributed by atoms with Crippen LogP contribution >= 0.6 is 0 Å². The van der Waals surface area contributed by atoms with Gasteiger partial charge in [-0.25, -0.2) is 0 Å². The lowest BCUT2D eigenvalue weighted by Gasteiger charge is -2.35. The first-order valence-electron chi connectivity index (χ1n) is 5.62. The van der Waals surface area contributed by atoms with E-state index < -0.39 is 12.0 Å². The van der Waals surface area contributed by atoms with Crippen molar-refractivity contribution in [2.45, 2.75) is 33.2 Å². The van der Waals surface area contributed by atoms with E-state index in [0.717, 1.165) is 18.0 Å². The Labute approximate surface area is 95.8 Å². The minimum atomic E-state index is -1.16. The van der Waals surface area contributed by atoms with E-state index in [2.05, 4.69) is 26.1 Å². The van der Waals surface area contributed by atoms with Gasteiger partial charge in [0.05, 0.1) is 19.6 Å². The quantitative estimate of drug-likeness (QED) is 0.563. The Morgan fingerprint density at radius 3 is 2.69 bits per heavy atom. The van der Waals surface area contributed by atoms with Crippen molar-refractivity contribution in [2.75, 3.05) is 19.6 Å². The number of carboxylic acid groups (broad SMARTS) is 1. The fraction of sp³-hybridized carbons (Fsp3) is 0.818. The van der Waals surface area contributed by atoms with Crippen LogP contribution in [0.15, 0.2) is 0 Å². The van der Waals surface area contributed by atoms with Crippen LogP contribution in [0.3, 0.4) is 0 Å². The Kier molecular flexibility index (Phi) is 3.91. The molecule has 5 nitrogen and oxygen atoms in total. The molecule has 2 N–H and O–H groups in total. The maximum atomic E-state index is 11.6. The molecule has 0 bridgehead atoms. The third kappa shape index (κ3) is 3.81. The van der Waals surface area contributed by atoms with E-state index in [-0.39, 0.29) is 17.7 Å². The largest absolute Gasteiger partial charge is 0.550 e. The zero-order valence-electron chi connectivity index (χ0n) is 10.1. The highest BCUT2D eigenvalue weighted by Gasteiger charge is 2.35. The molecule has 1 amide bonds. The van der Waals surface area contributed by atoms with E-state index in [1.165, 1.54) is 0 Å². The summed E-state index contributed by atoms with van der Waals surface area (Å²) in [4.78, 5) is 23.3. The van der Waals surface area contributed by atoms with Crippen molar-refractivity contribution in [1.82, 2.24) is 5.32 Å². The van der Waals surface area contributed by atoms with Crippen LogP contribution < -0.4 is 15.3 Å². The third-order valence-electron chi connectivity index (χ3n) is 2.68. The van der Waals surface area contributed by atoms with Crippen molar-refractivity contribution in [1.29, 1.82) is 0 Å². The molecule has 1 fully saturated rings. The number of amides is 1. The van der Waals surface area contributed by atoms with E-state index in [1.54, 1.807) is 0 Å². The van der Waals surface area contributed by atoms with Crippen LogP contribution in [0.1, 0.15) is 27.2 Å². The second-order valence-electron chi connectivity index (χ2n) is 5.57. The van der Waals surface area contributed by atoms with E-state index in [4.69, 9.17) is 0 Å². The molecule has 92 valence electrons. The second kappa shape index (κ2) is 4.82. The molecule has 1 rings (SSSR count). The molecular weight excluding hydrogens is 208 g/mol. The zero-order valence-corrected chi connectivity index (χ0v) is 10.1. The number of rotatable bonds is 3. The molecule has 5 heteroatoms. The number of nitrogens with one attached hydrogen (secondary N) is 2. The molecule has 2 atom stereocenters. The number of hydrogen-bond donors (Lipinski definition) is 2. The van der Waals surface area contributed by atoms with Crippen LogP contribution in [0.25, 0.3) is 0 Å². The van der Waals surface area contributed by atoms with Gasteiger partial charge in [-0.3, -0.25) is 4.79 Å².